The van der Waals surface area contributed by atoms with Crippen LogP contribution in [-0.2, 0) is 0 Å². The first-order chi connectivity index (χ1) is 7.70. The predicted molar refractivity (Wildman–Crippen MR) is 70.7 cm³/mol. The van der Waals surface area contributed by atoms with E-state index in [-0.39, 0.29) is 0 Å². The molecule has 1 unspecified atom stereocenters. The fourth-order valence-electron chi connectivity index (χ4n) is 1.48. The highest BCUT2D eigenvalue weighted by Crippen LogP contribution is 2.28. The first kappa shape index (κ1) is 11.1. The molecule has 0 saturated heterocycles. The fourth-order valence-corrected chi connectivity index (χ4v) is 2.45. The molecule has 2 N–H and O–H groups in total. The average Bonchev–Trinajstić information content (AvgIpc) is 2.78. The van der Waals surface area contributed by atoms with Crippen molar-refractivity contribution in [3.63, 3.8) is 0 Å². The van der Waals surface area contributed by atoms with Crippen molar-refractivity contribution in [3.8, 4) is 11.3 Å². The SMILES string of the molecule is CCC(C)c1nc(-c2ccc(N)cc2)cs1. The van der Waals surface area contributed by atoms with Gasteiger partial charge >= 0.3 is 0 Å². The van der Waals surface area contributed by atoms with Crippen LogP contribution in [0.1, 0.15) is 31.2 Å². The summed E-state index contributed by atoms with van der Waals surface area (Å²) in [6, 6.07) is 7.87. The Morgan fingerprint density at radius 1 is 1.31 bits per heavy atom. The van der Waals surface area contributed by atoms with E-state index in [4.69, 9.17) is 5.73 Å². The van der Waals surface area contributed by atoms with E-state index < -0.39 is 0 Å². The fraction of sp³-hybridized carbons (Fsp3) is 0.308. The van der Waals surface area contributed by atoms with Crippen LogP contribution in [0.5, 0.6) is 0 Å². The number of hydrogen-bond acceptors (Lipinski definition) is 3. The number of rotatable bonds is 3. The summed E-state index contributed by atoms with van der Waals surface area (Å²) in [6.45, 7) is 4.40. The molecule has 0 radical (unpaired) electrons. The van der Waals surface area contributed by atoms with Gasteiger partial charge in [-0.25, -0.2) is 4.98 Å². The second kappa shape index (κ2) is 4.66. The van der Waals surface area contributed by atoms with Crippen LogP contribution in [0.2, 0.25) is 0 Å². The van der Waals surface area contributed by atoms with Crippen LogP contribution in [-0.4, -0.2) is 4.98 Å². The normalized spacial score (nSPS) is 12.6. The molecule has 0 aliphatic carbocycles. The highest BCUT2D eigenvalue weighted by molar-refractivity contribution is 7.10. The summed E-state index contributed by atoms with van der Waals surface area (Å²) < 4.78 is 0. The Morgan fingerprint density at radius 2 is 2.00 bits per heavy atom. The Morgan fingerprint density at radius 3 is 2.62 bits per heavy atom. The van der Waals surface area contributed by atoms with Gasteiger partial charge in [-0.1, -0.05) is 26.0 Å². The van der Waals surface area contributed by atoms with E-state index in [2.05, 4.69) is 24.2 Å². The van der Waals surface area contributed by atoms with Gasteiger partial charge in [0.25, 0.3) is 0 Å². The van der Waals surface area contributed by atoms with Gasteiger partial charge in [-0.2, -0.15) is 0 Å². The summed E-state index contributed by atoms with van der Waals surface area (Å²) in [7, 11) is 0. The van der Waals surface area contributed by atoms with Crippen molar-refractivity contribution in [1.82, 2.24) is 4.98 Å². The van der Waals surface area contributed by atoms with Crippen molar-refractivity contribution in [2.75, 3.05) is 5.73 Å². The molecule has 16 heavy (non-hydrogen) atoms. The number of benzene rings is 1. The van der Waals surface area contributed by atoms with Crippen LogP contribution in [0.25, 0.3) is 11.3 Å². The van der Waals surface area contributed by atoms with Crippen LogP contribution < -0.4 is 5.73 Å². The van der Waals surface area contributed by atoms with Crippen molar-refractivity contribution < 1.29 is 0 Å². The van der Waals surface area contributed by atoms with Crippen LogP contribution in [0.15, 0.2) is 29.6 Å². The number of thiazole rings is 1. The highest BCUT2D eigenvalue weighted by atomic mass is 32.1. The minimum atomic E-state index is 0.549. The molecular weight excluding hydrogens is 216 g/mol. The van der Waals surface area contributed by atoms with E-state index in [0.29, 0.717) is 5.92 Å². The predicted octanol–water partition coefficient (Wildman–Crippen LogP) is 3.91. The summed E-state index contributed by atoms with van der Waals surface area (Å²) in [5, 5.41) is 3.34. The lowest BCUT2D eigenvalue weighted by atomic mass is 10.1. The molecule has 1 aromatic carbocycles. The molecule has 2 rings (SSSR count). The molecule has 3 heteroatoms. The summed E-state index contributed by atoms with van der Waals surface area (Å²) in [4.78, 5) is 4.66. The topological polar surface area (TPSA) is 38.9 Å². The van der Waals surface area contributed by atoms with Gasteiger partial charge in [-0.05, 0) is 18.6 Å². The lowest BCUT2D eigenvalue weighted by Gasteiger charge is -2.02. The van der Waals surface area contributed by atoms with Gasteiger partial charge in [0, 0.05) is 22.5 Å². The van der Waals surface area contributed by atoms with E-state index in [9.17, 15) is 0 Å². The van der Waals surface area contributed by atoms with Gasteiger partial charge < -0.3 is 5.73 Å². The van der Waals surface area contributed by atoms with Gasteiger partial charge in [0.1, 0.15) is 0 Å². The van der Waals surface area contributed by atoms with Crippen molar-refractivity contribution in [1.29, 1.82) is 0 Å². The third-order valence-electron chi connectivity index (χ3n) is 2.76. The smallest absolute Gasteiger partial charge is 0.0960 e. The minimum Gasteiger partial charge on any atom is -0.399 e. The molecule has 0 saturated carbocycles. The third kappa shape index (κ3) is 2.25. The number of anilines is 1. The number of aromatic nitrogens is 1. The van der Waals surface area contributed by atoms with E-state index in [0.717, 1.165) is 23.4 Å². The number of nitrogens with zero attached hydrogens (tertiary/aromatic N) is 1. The molecule has 0 fully saturated rings. The molecular formula is C13H16N2S. The van der Waals surface area contributed by atoms with E-state index in [1.165, 1.54) is 5.01 Å². The molecule has 1 aromatic heterocycles. The molecule has 1 heterocycles. The van der Waals surface area contributed by atoms with Gasteiger partial charge in [0.05, 0.1) is 10.7 Å². The number of nitrogens with two attached hydrogens (primary N) is 1. The Kier molecular flexibility index (Phi) is 3.25. The second-order valence-electron chi connectivity index (χ2n) is 4.00. The molecule has 0 aliphatic rings. The molecule has 2 nitrogen and oxygen atoms in total. The first-order valence-electron chi connectivity index (χ1n) is 5.52. The monoisotopic (exact) mass is 232 g/mol. The Labute approximate surface area is 100 Å². The average molecular weight is 232 g/mol. The summed E-state index contributed by atoms with van der Waals surface area (Å²) >= 11 is 1.74. The molecule has 2 aromatic rings. The Balaban J connectivity index is 2.28. The van der Waals surface area contributed by atoms with Gasteiger partial charge in [0.2, 0.25) is 0 Å². The summed E-state index contributed by atoms with van der Waals surface area (Å²) in [5.74, 6) is 0.549. The van der Waals surface area contributed by atoms with E-state index in [1.54, 1.807) is 11.3 Å². The quantitative estimate of drug-likeness (QED) is 0.815. The summed E-state index contributed by atoms with van der Waals surface area (Å²) in [5.41, 5.74) is 8.65. The zero-order chi connectivity index (χ0) is 11.5. The molecule has 1 atom stereocenters. The van der Waals surface area contributed by atoms with Gasteiger partial charge in [-0.15, -0.1) is 11.3 Å². The van der Waals surface area contributed by atoms with E-state index in [1.807, 2.05) is 24.3 Å². The third-order valence-corrected chi connectivity index (χ3v) is 3.84. The molecule has 84 valence electrons. The largest absolute Gasteiger partial charge is 0.399 e. The van der Waals surface area contributed by atoms with Crippen LogP contribution in [0, 0.1) is 0 Å². The van der Waals surface area contributed by atoms with Crippen molar-refractivity contribution >= 4 is 17.0 Å². The van der Waals surface area contributed by atoms with Crippen LogP contribution in [0.3, 0.4) is 0 Å². The Hall–Kier alpha value is -1.35. The number of hydrogen-bond donors (Lipinski definition) is 1. The zero-order valence-electron chi connectivity index (χ0n) is 9.60. The summed E-state index contributed by atoms with van der Waals surface area (Å²) in [6.07, 6.45) is 1.13. The highest BCUT2D eigenvalue weighted by Gasteiger charge is 2.09. The minimum absolute atomic E-state index is 0.549. The molecule has 0 spiro atoms. The van der Waals surface area contributed by atoms with Crippen LogP contribution >= 0.6 is 11.3 Å². The Bertz CT molecular complexity index is 459. The maximum Gasteiger partial charge on any atom is 0.0960 e. The zero-order valence-corrected chi connectivity index (χ0v) is 10.4. The van der Waals surface area contributed by atoms with Crippen molar-refractivity contribution in [2.24, 2.45) is 0 Å². The maximum atomic E-state index is 5.66. The molecule has 0 bridgehead atoms. The van der Waals surface area contributed by atoms with Crippen molar-refractivity contribution in [2.45, 2.75) is 26.2 Å². The molecule has 0 amide bonds. The van der Waals surface area contributed by atoms with Gasteiger partial charge in [0.15, 0.2) is 0 Å². The van der Waals surface area contributed by atoms with E-state index >= 15 is 0 Å². The standard InChI is InChI=1S/C13H16N2S/c1-3-9(2)13-15-12(8-16-13)10-4-6-11(14)7-5-10/h4-9H,3,14H2,1-2H3. The molecule has 0 aliphatic heterocycles. The first-order valence-corrected chi connectivity index (χ1v) is 6.40. The van der Waals surface area contributed by atoms with Gasteiger partial charge in [-0.3, -0.25) is 0 Å². The lowest BCUT2D eigenvalue weighted by molar-refractivity contribution is 0.727. The second-order valence-corrected chi connectivity index (χ2v) is 4.89. The number of nitrogen functional groups attached to an aromatic ring is 1. The lowest BCUT2D eigenvalue weighted by Crippen LogP contribution is -1.90. The van der Waals surface area contributed by atoms with Crippen molar-refractivity contribution in [3.05, 3.63) is 34.7 Å². The van der Waals surface area contributed by atoms with Crippen LogP contribution in [0.4, 0.5) is 5.69 Å². The maximum absolute atomic E-state index is 5.66.